The molecule has 0 bridgehead atoms. The van der Waals surface area contributed by atoms with Crippen molar-refractivity contribution >= 4 is 35.1 Å². The monoisotopic (exact) mass is 1010 g/mol. The number of pyridine rings is 1. The lowest BCUT2D eigenvalue weighted by atomic mass is 9.94. The minimum absolute atomic E-state index is 0.00231. The normalized spacial score (nSPS) is 13.2. The van der Waals surface area contributed by atoms with Crippen LogP contribution in [0.2, 0.25) is 5.15 Å². The maximum absolute atomic E-state index is 14.0. The Labute approximate surface area is 438 Å². The van der Waals surface area contributed by atoms with Crippen LogP contribution in [0.3, 0.4) is 0 Å². The van der Waals surface area contributed by atoms with Gasteiger partial charge in [-0.15, -0.1) is 0 Å². The number of hydroxylamine groups is 2. The Morgan fingerprint density at radius 3 is 1.48 bits per heavy atom. The van der Waals surface area contributed by atoms with Gasteiger partial charge in [-0.1, -0.05) is 214 Å². The van der Waals surface area contributed by atoms with Gasteiger partial charge in [-0.2, -0.15) is 5.26 Å². The number of hydrogen-bond donors (Lipinski definition) is 3. The SMILES string of the molecule is CC(C)C(O)c1ccccc1.CC(C)[C@@H](c1ccccc1)N1C(=O)c2ccccc2C1=O.CC(C)[C@H](N)c1ccccc1.CC(C)[C@H](Nc1nc(Cl)c(C#N)cc1F)c1ccccc1.CON(C)C(=O)C(C)C. The summed E-state index contributed by atoms with van der Waals surface area (Å²) in [6.07, 6.45) is -0.323. The molecular formula is C60H74ClFN6O5. The van der Waals surface area contributed by atoms with Gasteiger partial charge < -0.3 is 16.2 Å². The highest BCUT2D eigenvalue weighted by molar-refractivity contribution is 6.30. The lowest BCUT2D eigenvalue weighted by Crippen LogP contribution is -2.36. The number of aliphatic hydroxyl groups excluding tert-OH is 1. The molecule has 11 nitrogen and oxygen atoms in total. The van der Waals surface area contributed by atoms with Gasteiger partial charge in [0, 0.05) is 19.0 Å². The fourth-order valence-electron chi connectivity index (χ4n) is 7.58. The number of aromatic nitrogens is 1. The molecule has 388 valence electrons. The molecule has 1 aliphatic heterocycles. The van der Waals surface area contributed by atoms with E-state index in [0.717, 1.165) is 22.8 Å². The summed E-state index contributed by atoms with van der Waals surface area (Å²) in [5.74, 6) is 0.260. The first-order valence-corrected chi connectivity index (χ1v) is 25.0. The lowest BCUT2D eigenvalue weighted by Gasteiger charge is -2.29. The minimum atomic E-state index is -0.586. The molecule has 5 aromatic carbocycles. The highest BCUT2D eigenvalue weighted by atomic mass is 35.5. The van der Waals surface area contributed by atoms with Crippen molar-refractivity contribution in [1.82, 2.24) is 14.9 Å². The van der Waals surface area contributed by atoms with Crippen molar-refractivity contribution in [3.8, 4) is 6.07 Å². The molecule has 1 aromatic heterocycles. The summed E-state index contributed by atoms with van der Waals surface area (Å²) in [5.41, 5.74) is 11.2. The molecule has 0 aliphatic carbocycles. The first-order chi connectivity index (χ1) is 34.7. The Hall–Kier alpha value is -6.75. The second-order valence-electron chi connectivity index (χ2n) is 19.1. The molecule has 2 heterocycles. The van der Waals surface area contributed by atoms with Gasteiger partial charge in [0.25, 0.3) is 11.8 Å². The maximum atomic E-state index is 14.0. The van der Waals surface area contributed by atoms with Gasteiger partial charge in [0.05, 0.1) is 42.0 Å². The second-order valence-corrected chi connectivity index (χ2v) is 19.5. The zero-order chi connectivity index (χ0) is 54.4. The van der Waals surface area contributed by atoms with E-state index in [4.69, 9.17) is 22.6 Å². The van der Waals surface area contributed by atoms with Gasteiger partial charge >= 0.3 is 0 Å². The smallest absolute Gasteiger partial charge is 0.262 e. The minimum Gasteiger partial charge on any atom is -0.388 e. The fourth-order valence-corrected chi connectivity index (χ4v) is 7.76. The van der Waals surface area contributed by atoms with E-state index in [0.29, 0.717) is 17.0 Å². The molecule has 13 heteroatoms. The number of nitrogens with one attached hydrogen (secondary N) is 1. The number of amides is 3. The van der Waals surface area contributed by atoms with Crippen molar-refractivity contribution < 1.29 is 28.7 Å². The van der Waals surface area contributed by atoms with Crippen molar-refractivity contribution in [1.29, 1.82) is 5.26 Å². The number of nitrogens with zero attached hydrogens (tertiary/aromatic N) is 4. The summed E-state index contributed by atoms with van der Waals surface area (Å²) in [6, 6.07) is 49.2. The standard InChI is InChI=1S/C18H17NO2.C16H15ClFN3.C10H15N.C10H14O.C6H13NO2/c1-12(2)16(13-8-4-3-5-9-13)19-17(20)14-10-6-7-11-15(14)18(19)21;1-10(2)14(11-6-4-3-5-7-11)20-16-13(18)8-12(9-19)15(17)21-16;2*1-8(2)10(11)9-6-4-3-5-7-9;1-5(2)6(8)7(3)9-4/h3-12,16H,1-2H3;3-8,10,14H,1-2H3,(H,20,21);3-8,10H,11H2,1-2H3;3-8,10-11H,1-2H3;5H,1-4H3/t16-;14-;10-;;/m000../s1. The number of imide groups is 1. The van der Waals surface area contributed by atoms with Gasteiger partial charge in [-0.05, 0) is 64.1 Å². The summed E-state index contributed by atoms with van der Waals surface area (Å²) in [6.45, 7) is 20.1. The van der Waals surface area contributed by atoms with E-state index in [1.54, 1.807) is 31.3 Å². The van der Waals surface area contributed by atoms with Crippen LogP contribution in [0, 0.1) is 46.7 Å². The third-order valence-corrected chi connectivity index (χ3v) is 12.1. The summed E-state index contributed by atoms with van der Waals surface area (Å²) in [5, 5.41) is 22.7. The zero-order valence-electron chi connectivity index (χ0n) is 44.3. The Morgan fingerprint density at radius 1 is 0.685 bits per heavy atom. The average molecular weight is 1010 g/mol. The van der Waals surface area contributed by atoms with Crippen LogP contribution in [0.4, 0.5) is 10.2 Å². The first-order valence-electron chi connectivity index (χ1n) is 24.6. The number of hydrogen-bond acceptors (Lipinski definition) is 9. The van der Waals surface area contributed by atoms with E-state index in [-0.39, 0.29) is 82.2 Å². The third-order valence-electron chi connectivity index (χ3n) is 11.8. The summed E-state index contributed by atoms with van der Waals surface area (Å²) >= 11 is 5.87. The van der Waals surface area contributed by atoms with Crippen molar-refractivity contribution in [2.75, 3.05) is 19.5 Å². The number of nitriles is 1. The molecule has 4 N–H and O–H groups in total. The van der Waals surface area contributed by atoms with Gasteiger partial charge in [0.15, 0.2) is 11.6 Å². The number of aliphatic hydroxyl groups is 1. The predicted octanol–water partition coefficient (Wildman–Crippen LogP) is 13.6. The molecule has 1 unspecified atom stereocenters. The molecule has 6 aromatic rings. The topological polar surface area (TPSA) is 162 Å². The van der Waals surface area contributed by atoms with Gasteiger partial charge in [-0.3, -0.25) is 24.1 Å². The predicted molar refractivity (Wildman–Crippen MR) is 292 cm³/mol. The van der Waals surface area contributed by atoms with Crippen molar-refractivity contribution in [3.05, 3.63) is 202 Å². The lowest BCUT2D eigenvalue weighted by molar-refractivity contribution is -0.172. The summed E-state index contributed by atoms with van der Waals surface area (Å²) < 4.78 is 14.0. The Morgan fingerprint density at radius 2 is 1.11 bits per heavy atom. The van der Waals surface area contributed by atoms with Crippen LogP contribution in [0.5, 0.6) is 0 Å². The number of carbonyl (C=O) groups excluding carboxylic acids is 3. The fraction of sp³-hybridized carbons (Fsp3) is 0.350. The second kappa shape index (κ2) is 30.3. The van der Waals surface area contributed by atoms with E-state index in [9.17, 15) is 23.9 Å². The average Bonchev–Trinajstić information content (AvgIpc) is 3.64. The number of halogens is 2. The quantitative estimate of drug-likeness (QED) is 0.0581. The van der Waals surface area contributed by atoms with Crippen molar-refractivity contribution in [2.45, 2.75) is 93.5 Å². The van der Waals surface area contributed by atoms with E-state index < -0.39 is 5.82 Å². The van der Waals surface area contributed by atoms with Crippen LogP contribution in [0.25, 0.3) is 0 Å². The van der Waals surface area contributed by atoms with Crippen LogP contribution < -0.4 is 11.1 Å². The summed E-state index contributed by atoms with van der Waals surface area (Å²) in [7, 11) is 3.07. The van der Waals surface area contributed by atoms with Gasteiger partial charge in [0.1, 0.15) is 11.2 Å². The van der Waals surface area contributed by atoms with E-state index >= 15 is 0 Å². The molecule has 3 amide bonds. The molecule has 4 atom stereocenters. The highest BCUT2D eigenvalue weighted by Gasteiger charge is 2.41. The van der Waals surface area contributed by atoms with Gasteiger partial charge in [-0.25, -0.2) is 14.4 Å². The van der Waals surface area contributed by atoms with E-state index in [1.807, 2.05) is 171 Å². The Kier molecular flexibility index (Phi) is 25.2. The molecule has 0 spiro atoms. The molecule has 73 heavy (non-hydrogen) atoms. The number of carbonyl (C=O) groups is 3. The van der Waals surface area contributed by atoms with Crippen LogP contribution in [0.1, 0.15) is 142 Å². The molecule has 7 rings (SSSR count). The van der Waals surface area contributed by atoms with Crippen molar-refractivity contribution in [3.63, 3.8) is 0 Å². The largest absolute Gasteiger partial charge is 0.388 e. The number of nitrogens with two attached hydrogens (primary N) is 1. The number of rotatable bonds is 13. The molecule has 0 fully saturated rings. The maximum Gasteiger partial charge on any atom is 0.262 e. The van der Waals surface area contributed by atoms with Crippen LogP contribution in [-0.2, 0) is 9.63 Å². The van der Waals surface area contributed by atoms with E-state index in [2.05, 4.69) is 41.1 Å². The zero-order valence-corrected chi connectivity index (χ0v) is 45.1. The molecule has 0 radical (unpaired) electrons. The molecule has 1 aliphatic rings. The van der Waals surface area contributed by atoms with Crippen molar-refractivity contribution in [2.24, 2.45) is 35.3 Å². The molecular weight excluding hydrogens is 939 g/mol. The van der Waals surface area contributed by atoms with E-state index in [1.165, 1.54) is 22.6 Å². The molecule has 0 saturated heterocycles. The van der Waals surface area contributed by atoms with Gasteiger partial charge in [0.2, 0.25) is 5.91 Å². The number of benzene rings is 5. The first kappa shape index (κ1) is 60.6. The Bertz CT molecular complexity index is 2560. The number of anilines is 1. The summed E-state index contributed by atoms with van der Waals surface area (Å²) in [4.78, 5) is 46.2. The Balaban J connectivity index is 0.000000252. The van der Waals surface area contributed by atoms with Crippen LogP contribution >= 0.6 is 11.6 Å². The highest BCUT2D eigenvalue weighted by Crippen LogP contribution is 2.36. The molecule has 0 saturated carbocycles. The third kappa shape index (κ3) is 18.1. The van der Waals surface area contributed by atoms with Crippen LogP contribution in [0.15, 0.2) is 152 Å². The number of fused-ring (bicyclic) bond motifs is 1. The van der Waals surface area contributed by atoms with Crippen LogP contribution in [-0.4, -0.2) is 51.9 Å².